The smallest absolute Gasteiger partial charge is 0.314 e. The first-order chi connectivity index (χ1) is 10.6. The number of hydrogen-bond donors (Lipinski definition) is 6. The van der Waals surface area contributed by atoms with Gasteiger partial charge in [-0.05, 0) is 0 Å². The first-order valence-corrected chi connectivity index (χ1v) is 8.59. The van der Waals surface area contributed by atoms with E-state index in [-0.39, 0.29) is 30.8 Å². The number of aliphatic hydroxyl groups is 2. The Kier molecular flexibility index (Phi) is 14.4. The molecule has 0 heterocycles. The number of carbonyl (C=O) groups excluding carboxylic acids is 2. The molecule has 0 aliphatic rings. The Labute approximate surface area is 149 Å². The Bertz CT molecular complexity index is 381. The molecule has 0 aromatic carbocycles. The zero-order valence-corrected chi connectivity index (χ0v) is 15.7. The topological polar surface area (TPSA) is 136 Å². The van der Waals surface area contributed by atoms with Crippen molar-refractivity contribution < 1.29 is 29.7 Å². The molecule has 0 fully saturated rings. The van der Waals surface area contributed by atoms with Crippen LogP contribution in [0.25, 0.3) is 0 Å². The molecular weight excluding hydrogens is 392 g/mol. The van der Waals surface area contributed by atoms with Crippen molar-refractivity contribution in [3.63, 3.8) is 0 Å². The third-order valence-corrected chi connectivity index (χ3v) is 3.30. The number of aliphatic hydroxyl groups excluding tert-OH is 2. The molecule has 5 N–H and O–H groups in total. The maximum atomic E-state index is 11.5. The summed E-state index contributed by atoms with van der Waals surface area (Å²) in [6, 6.07) is 0. The van der Waals surface area contributed by atoms with Gasteiger partial charge in [-0.1, -0.05) is 29.8 Å². The SMILES string of the molecule is CC(C)(CO)C(O)C(=O)NCCC(=O)NCCS.O=C(O)CBr. The van der Waals surface area contributed by atoms with Crippen molar-refractivity contribution in [2.45, 2.75) is 26.4 Å². The van der Waals surface area contributed by atoms with Crippen LogP contribution in [-0.2, 0) is 14.4 Å². The van der Waals surface area contributed by atoms with Gasteiger partial charge in [0.2, 0.25) is 11.8 Å². The third kappa shape index (κ3) is 13.3. The molecule has 0 aromatic heterocycles. The standard InChI is InChI=1S/C11H22N2O4S.C2H3BrO2/c1-11(2,7-14)9(16)10(17)13-4-3-8(15)12-5-6-18;3-1-2(4)5/h9,14,16,18H,3-7H2,1-2H3,(H,12,15)(H,13,17);1H2,(H,4,5). The lowest BCUT2D eigenvalue weighted by Crippen LogP contribution is -2.46. The molecule has 8 nitrogen and oxygen atoms in total. The highest BCUT2D eigenvalue weighted by Crippen LogP contribution is 2.19. The largest absolute Gasteiger partial charge is 0.481 e. The number of carboxylic acid groups (broad SMARTS) is 1. The molecule has 136 valence electrons. The van der Waals surface area contributed by atoms with E-state index in [2.05, 4.69) is 39.2 Å². The molecule has 23 heavy (non-hydrogen) atoms. The second kappa shape index (κ2) is 13.6. The van der Waals surface area contributed by atoms with Crippen LogP contribution >= 0.6 is 28.6 Å². The lowest BCUT2D eigenvalue weighted by molar-refractivity contribution is -0.137. The Morgan fingerprint density at radius 2 is 1.74 bits per heavy atom. The number of alkyl halides is 1. The van der Waals surface area contributed by atoms with Crippen LogP contribution in [0.2, 0.25) is 0 Å². The number of carbonyl (C=O) groups is 3. The molecule has 0 radical (unpaired) electrons. The fourth-order valence-corrected chi connectivity index (χ4v) is 1.23. The quantitative estimate of drug-likeness (QED) is 0.219. The van der Waals surface area contributed by atoms with Gasteiger partial charge in [-0.2, -0.15) is 12.6 Å². The van der Waals surface area contributed by atoms with E-state index in [0.29, 0.717) is 12.3 Å². The average molecular weight is 417 g/mol. The highest BCUT2D eigenvalue weighted by atomic mass is 79.9. The van der Waals surface area contributed by atoms with Crippen LogP contribution < -0.4 is 10.6 Å². The van der Waals surface area contributed by atoms with E-state index in [1.54, 1.807) is 13.8 Å². The van der Waals surface area contributed by atoms with Crippen LogP contribution in [0.3, 0.4) is 0 Å². The maximum Gasteiger partial charge on any atom is 0.314 e. The predicted molar refractivity (Wildman–Crippen MR) is 92.8 cm³/mol. The zero-order chi connectivity index (χ0) is 18.5. The first kappa shape index (κ1) is 24.4. The maximum absolute atomic E-state index is 11.5. The molecule has 0 saturated heterocycles. The lowest BCUT2D eigenvalue weighted by Gasteiger charge is -2.27. The van der Waals surface area contributed by atoms with Crippen molar-refractivity contribution in [2.24, 2.45) is 5.41 Å². The van der Waals surface area contributed by atoms with Gasteiger partial charge in [0, 0.05) is 30.7 Å². The Balaban J connectivity index is 0. The minimum absolute atomic E-state index is 0.0347. The van der Waals surface area contributed by atoms with Gasteiger partial charge in [-0.15, -0.1) is 0 Å². The van der Waals surface area contributed by atoms with E-state index in [9.17, 15) is 19.5 Å². The molecule has 10 heteroatoms. The third-order valence-electron chi connectivity index (χ3n) is 2.60. The Morgan fingerprint density at radius 1 is 1.22 bits per heavy atom. The lowest BCUT2D eigenvalue weighted by atomic mass is 9.87. The number of amides is 2. The van der Waals surface area contributed by atoms with Crippen LogP contribution in [0.1, 0.15) is 20.3 Å². The van der Waals surface area contributed by atoms with Crippen molar-refractivity contribution in [2.75, 3.05) is 30.8 Å². The van der Waals surface area contributed by atoms with Gasteiger partial charge in [0.15, 0.2) is 0 Å². The number of nitrogens with one attached hydrogen (secondary N) is 2. The monoisotopic (exact) mass is 416 g/mol. The predicted octanol–water partition coefficient (Wildman–Crippen LogP) is -0.616. The number of halogens is 1. The van der Waals surface area contributed by atoms with Crippen LogP contribution in [0.15, 0.2) is 0 Å². The summed E-state index contributed by atoms with van der Waals surface area (Å²) in [5.74, 6) is -1.04. The fourth-order valence-electron chi connectivity index (χ4n) is 1.12. The van der Waals surface area contributed by atoms with Crippen LogP contribution in [0, 0.1) is 5.41 Å². The highest BCUT2D eigenvalue weighted by Gasteiger charge is 2.32. The average Bonchev–Trinajstić information content (AvgIpc) is 2.52. The Hall–Kier alpha value is -0.840. The first-order valence-electron chi connectivity index (χ1n) is 6.84. The number of carboxylic acids is 1. The van der Waals surface area contributed by atoms with E-state index >= 15 is 0 Å². The van der Waals surface area contributed by atoms with Gasteiger partial charge in [0.1, 0.15) is 11.4 Å². The van der Waals surface area contributed by atoms with E-state index in [0.717, 1.165) is 0 Å². The zero-order valence-electron chi connectivity index (χ0n) is 13.2. The van der Waals surface area contributed by atoms with Crippen LogP contribution in [0.4, 0.5) is 0 Å². The van der Waals surface area contributed by atoms with Gasteiger partial charge >= 0.3 is 5.97 Å². The molecule has 0 aromatic rings. The molecule has 0 aliphatic carbocycles. The van der Waals surface area contributed by atoms with Gasteiger partial charge in [0.25, 0.3) is 0 Å². The molecule has 0 spiro atoms. The van der Waals surface area contributed by atoms with Crippen molar-refractivity contribution >= 4 is 46.3 Å². The van der Waals surface area contributed by atoms with Gasteiger partial charge in [0.05, 0.1) is 6.61 Å². The summed E-state index contributed by atoms with van der Waals surface area (Å²) in [4.78, 5) is 32.1. The van der Waals surface area contributed by atoms with Crippen molar-refractivity contribution in [3.05, 3.63) is 0 Å². The summed E-state index contributed by atoms with van der Waals surface area (Å²) in [5, 5.41) is 31.5. The summed E-state index contributed by atoms with van der Waals surface area (Å²) in [6.45, 7) is 3.49. The number of hydrogen-bond acceptors (Lipinski definition) is 6. The van der Waals surface area contributed by atoms with Crippen molar-refractivity contribution in [1.29, 1.82) is 0 Å². The molecule has 0 bridgehead atoms. The summed E-state index contributed by atoms with van der Waals surface area (Å²) >= 11 is 6.66. The van der Waals surface area contributed by atoms with Gasteiger partial charge in [-0.25, -0.2) is 0 Å². The van der Waals surface area contributed by atoms with E-state index in [1.165, 1.54) is 0 Å². The minimum Gasteiger partial charge on any atom is -0.481 e. The van der Waals surface area contributed by atoms with Crippen LogP contribution in [0.5, 0.6) is 0 Å². The second-order valence-electron chi connectivity index (χ2n) is 5.19. The van der Waals surface area contributed by atoms with E-state index in [1.807, 2.05) is 0 Å². The Morgan fingerprint density at radius 3 is 2.13 bits per heavy atom. The van der Waals surface area contributed by atoms with Gasteiger partial charge < -0.3 is 26.0 Å². The van der Waals surface area contributed by atoms with Crippen molar-refractivity contribution in [1.82, 2.24) is 10.6 Å². The summed E-state index contributed by atoms with van der Waals surface area (Å²) in [5.41, 5.74) is -0.904. The molecule has 2 amide bonds. The number of thiol groups is 1. The minimum atomic E-state index is -1.30. The second-order valence-corrected chi connectivity index (χ2v) is 6.20. The molecular formula is C13H25BrN2O6S. The normalized spacial score (nSPS) is 11.7. The van der Waals surface area contributed by atoms with Gasteiger partial charge in [-0.3, -0.25) is 14.4 Å². The highest BCUT2D eigenvalue weighted by molar-refractivity contribution is 9.09. The summed E-state index contributed by atoms with van der Waals surface area (Å²) in [7, 11) is 0. The van der Waals surface area contributed by atoms with E-state index in [4.69, 9.17) is 10.2 Å². The molecule has 0 aliphatic heterocycles. The molecule has 1 atom stereocenters. The fraction of sp³-hybridized carbons (Fsp3) is 0.769. The summed E-state index contributed by atoms with van der Waals surface area (Å²) in [6.07, 6.45) is -1.16. The number of aliphatic carboxylic acids is 1. The van der Waals surface area contributed by atoms with Crippen molar-refractivity contribution in [3.8, 4) is 0 Å². The molecule has 0 rings (SSSR count). The molecule has 1 unspecified atom stereocenters. The molecule has 0 saturated carbocycles. The van der Waals surface area contributed by atoms with Crippen LogP contribution in [-0.4, -0.2) is 70.0 Å². The summed E-state index contributed by atoms with van der Waals surface area (Å²) < 4.78 is 0. The number of rotatable bonds is 9. The van der Waals surface area contributed by atoms with E-state index < -0.39 is 23.4 Å².